The molecule has 0 aromatic carbocycles. The van der Waals surface area contributed by atoms with Crippen molar-refractivity contribution in [3.8, 4) is 0 Å². The highest BCUT2D eigenvalue weighted by Gasteiger charge is 1.97. The SMILES string of the molecule is CC(=O)O.CCCCCCCCCCCCCCCCCCCCCCC(C)O. The third kappa shape index (κ3) is 38.6. The molecule has 29 heavy (non-hydrogen) atoms. The normalized spacial score (nSPS) is 11.7. The molecule has 1 atom stereocenters. The van der Waals surface area contributed by atoms with E-state index >= 15 is 0 Å². The lowest BCUT2D eigenvalue weighted by molar-refractivity contribution is -0.134. The number of aliphatic carboxylic acids is 1. The number of aliphatic hydroxyl groups excluding tert-OH is 1. The molecule has 176 valence electrons. The highest BCUT2D eigenvalue weighted by molar-refractivity contribution is 5.62. The zero-order valence-corrected chi connectivity index (χ0v) is 20.2. The van der Waals surface area contributed by atoms with Gasteiger partial charge in [0.15, 0.2) is 0 Å². The van der Waals surface area contributed by atoms with Crippen molar-refractivity contribution in [2.24, 2.45) is 0 Å². The van der Waals surface area contributed by atoms with Gasteiger partial charge in [0.05, 0.1) is 6.10 Å². The van der Waals surface area contributed by atoms with Crippen LogP contribution in [0.5, 0.6) is 0 Å². The Kier molecular flexibility index (Phi) is 29.0. The molecular weight excluding hydrogens is 360 g/mol. The maximum absolute atomic E-state index is 9.20. The van der Waals surface area contributed by atoms with Crippen LogP contribution >= 0.6 is 0 Å². The molecule has 1 unspecified atom stereocenters. The van der Waals surface area contributed by atoms with Gasteiger partial charge in [-0.25, -0.2) is 0 Å². The second-order valence-corrected chi connectivity index (χ2v) is 8.87. The van der Waals surface area contributed by atoms with Crippen LogP contribution < -0.4 is 0 Å². The molecular formula is C26H54O3. The standard InChI is InChI=1S/C24H50O.C2H4O2/c1-3-4-5-6-7-8-9-10-11-12-13-14-15-16-17-18-19-20-21-22-23-24(2)25;1-2(3)4/h24-25H,3-23H2,1-2H3;1H3,(H,3,4). The number of hydrogen-bond donors (Lipinski definition) is 2. The van der Waals surface area contributed by atoms with Crippen LogP contribution in [0.1, 0.15) is 156 Å². The molecule has 3 heteroatoms. The molecule has 0 saturated heterocycles. The number of carboxylic acid groups (broad SMARTS) is 1. The van der Waals surface area contributed by atoms with Gasteiger partial charge < -0.3 is 10.2 Å². The van der Waals surface area contributed by atoms with Crippen LogP contribution in [0, 0.1) is 0 Å². The molecule has 0 rings (SSSR count). The second kappa shape index (κ2) is 27.4. The molecule has 0 aliphatic carbocycles. The molecule has 0 aliphatic heterocycles. The smallest absolute Gasteiger partial charge is 0.300 e. The van der Waals surface area contributed by atoms with E-state index in [0.717, 1.165) is 13.3 Å². The largest absolute Gasteiger partial charge is 0.481 e. The zero-order chi connectivity index (χ0) is 22.0. The minimum absolute atomic E-state index is 0.101. The van der Waals surface area contributed by atoms with Gasteiger partial charge in [-0.1, -0.05) is 135 Å². The summed E-state index contributed by atoms with van der Waals surface area (Å²) < 4.78 is 0. The number of carboxylic acids is 1. The lowest BCUT2D eigenvalue weighted by Gasteiger charge is -2.05. The molecule has 2 N–H and O–H groups in total. The van der Waals surface area contributed by atoms with Gasteiger partial charge in [-0.2, -0.15) is 0 Å². The predicted molar refractivity (Wildman–Crippen MR) is 128 cm³/mol. The molecule has 0 saturated carbocycles. The van der Waals surface area contributed by atoms with Gasteiger partial charge in [-0.05, 0) is 13.3 Å². The van der Waals surface area contributed by atoms with Crippen LogP contribution in [-0.4, -0.2) is 22.3 Å². The van der Waals surface area contributed by atoms with Crippen LogP contribution in [-0.2, 0) is 4.79 Å². The average Bonchev–Trinajstić information content (AvgIpc) is 2.66. The van der Waals surface area contributed by atoms with E-state index in [1.54, 1.807) is 0 Å². The molecule has 0 heterocycles. The van der Waals surface area contributed by atoms with Crippen LogP contribution in [0.15, 0.2) is 0 Å². The molecule has 0 amide bonds. The first-order chi connectivity index (χ1) is 14.0. The third-order valence-corrected chi connectivity index (χ3v) is 5.48. The fraction of sp³-hybridized carbons (Fsp3) is 0.962. The molecule has 0 aliphatic rings. The minimum atomic E-state index is -0.833. The van der Waals surface area contributed by atoms with Crippen LogP contribution in [0.4, 0.5) is 0 Å². The van der Waals surface area contributed by atoms with Crippen LogP contribution in [0.25, 0.3) is 0 Å². The first-order valence-corrected chi connectivity index (χ1v) is 12.9. The highest BCUT2D eigenvalue weighted by atomic mass is 16.4. The number of unbranched alkanes of at least 4 members (excludes halogenated alkanes) is 19. The molecule has 0 radical (unpaired) electrons. The molecule has 0 fully saturated rings. The molecule has 0 bridgehead atoms. The van der Waals surface area contributed by atoms with Crippen molar-refractivity contribution in [2.45, 2.75) is 162 Å². The average molecular weight is 415 g/mol. The summed E-state index contributed by atoms with van der Waals surface area (Å²) in [5.74, 6) is -0.833. The maximum Gasteiger partial charge on any atom is 0.300 e. The lowest BCUT2D eigenvalue weighted by Crippen LogP contribution is -1.98. The van der Waals surface area contributed by atoms with E-state index in [-0.39, 0.29) is 6.10 Å². The van der Waals surface area contributed by atoms with Crippen molar-refractivity contribution in [1.82, 2.24) is 0 Å². The highest BCUT2D eigenvalue weighted by Crippen LogP contribution is 2.15. The maximum atomic E-state index is 9.20. The van der Waals surface area contributed by atoms with E-state index in [1.807, 2.05) is 6.92 Å². The van der Waals surface area contributed by atoms with Gasteiger partial charge in [0.25, 0.3) is 5.97 Å². The van der Waals surface area contributed by atoms with Crippen molar-refractivity contribution in [3.63, 3.8) is 0 Å². The molecule has 0 aromatic heterocycles. The predicted octanol–water partition coefficient (Wildman–Crippen LogP) is 8.67. The van der Waals surface area contributed by atoms with E-state index in [9.17, 15) is 5.11 Å². The van der Waals surface area contributed by atoms with E-state index in [2.05, 4.69) is 6.92 Å². The van der Waals surface area contributed by atoms with Crippen molar-refractivity contribution < 1.29 is 15.0 Å². The van der Waals surface area contributed by atoms with Crippen molar-refractivity contribution >= 4 is 5.97 Å². The molecule has 0 aromatic rings. The number of hydrogen-bond acceptors (Lipinski definition) is 2. The lowest BCUT2D eigenvalue weighted by atomic mass is 10.0. The third-order valence-electron chi connectivity index (χ3n) is 5.48. The number of aliphatic hydroxyl groups is 1. The summed E-state index contributed by atoms with van der Waals surface area (Å²) in [6, 6.07) is 0. The summed E-state index contributed by atoms with van der Waals surface area (Å²) in [5, 5.41) is 16.6. The number of rotatable bonds is 21. The van der Waals surface area contributed by atoms with Gasteiger partial charge in [0.1, 0.15) is 0 Å². The first-order valence-electron chi connectivity index (χ1n) is 12.9. The van der Waals surface area contributed by atoms with E-state index in [1.165, 1.54) is 128 Å². The summed E-state index contributed by atoms with van der Waals surface area (Å²) in [4.78, 5) is 9.00. The monoisotopic (exact) mass is 414 g/mol. The fourth-order valence-corrected chi connectivity index (χ4v) is 3.69. The number of carbonyl (C=O) groups is 1. The van der Waals surface area contributed by atoms with Crippen molar-refractivity contribution in [3.05, 3.63) is 0 Å². The quantitative estimate of drug-likeness (QED) is 0.185. The Balaban J connectivity index is 0. The minimum Gasteiger partial charge on any atom is -0.481 e. The van der Waals surface area contributed by atoms with E-state index in [4.69, 9.17) is 9.90 Å². The topological polar surface area (TPSA) is 57.5 Å². The van der Waals surface area contributed by atoms with Crippen LogP contribution in [0.3, 0.4) is 0 Å². The van der Waals surface area contributed by atoms with Gasteiger partial charge in [-0.15, -0.1) is 0 Å². The van der Waals surface area contributed by atoms with Gasteiger partial charge in [0, 0.05) is 6.92 Å². The first kappa shape index (κ1) is 30.6. The Bertz CT molecular complexity index is 298. The second-order valence-electron chi connectivity index (χ2n) is 8.87. The van der Waals surface area contributed by atoms with Gasteiger partial charge in [-0.3, -0.25) is 4.79 Å². The Morgan fingerprint density at radius 1 is 0.586 bits per heavy atom. The molecule has 0 spiro atoms. The van der Waals surface area contributed by atoms with Gasteiger partial charge in [0.2, 0.25) is 0 Å². The Morgan fingerprint density at radius 2 is 0.793 bits per heavy atom. The Labute approximate surface area is 183 Å². The summed E-state index contributed by atoms with van der Waals surface area (Å²) in [5.41, 5.74) is 0. The van der Waals surface area contributed by atoms with E-state index in [0.29, 0.717) is 0 Å². The summed E-state index contributed by atoms with van der Waals surface area (Å²) >= 11 is 0. The van der Waals surface area contributed by atoms with Gasteiger partial charge >= 0.3 is 0 Å². The van der Waals surface area contributed by atoms with Crippen LogP contribution in [0.2, 0.25) is 0 Å². The summed E-state index contributed by atoms with van der Waals surface area (Å²) in [6.07, 6.45) is 29.4. The summed E-state index contributed by atoms with van der Waals surface area (Å²) in [7, 11) is 0. The van der Waals surface area contributed by atoms with E-state index < -0.39 is 5.97 Å². The zero-order valence-electron chi connectivity index (χ0n) is 20.2. The van der Waals surface area contributed by atoms with Crippen molar-refractivity contribution in [1.29, 1.82) is 0 Å². The Hall–Kier alpha value is -0.570. The fourth-order valence-electron chi connectivity index (χ4n) is 3.69. The summed E-state index contributed by atoms with van der Waals surface area (Å²) in [6.45, 7) is 5.28. The Morgan fingerprint density at radius 3 is 1.00 bits per heavy atom. The molecule has 3 nitrogen and oxygen atoms in total. The van der Waals surface area contributed by atoms with Crippen molar-refractivity contribution in [2.75, 3.05) is 0 Å².